The highest BCUT2D eigenvalue weighted by Gasteiger charge is 2.12. The third kappa shape index (κ3) is 3.18. The van der Waals surface area contributed by atoms with Crippen molar-refractivity contribution in [2.24, 2.45) is 0 Å². The van der Waals surface area contributed by atoms with Gasteiger partial charge < -0.3 is 5.32 Å². The van der Waals surface area contributed by atoms with Crippen LogP contribution in [0.15, 0.2) is 58.5 Å². The molecule has 2 aromatic carbocycles. The maximum atomic E-state index is 4.73. The largest absolute Gasteiger partial charge is 0.339 e. The molecule has 0 aliphatic heterocycles. The number of benzene rings is 2. The number of halogens is 1. The van der Waals surface area contributed by atoms with Crippen molar-refractivity contribution >= 4 is 92.5 Å². The quantitative estimate of drug-likeness (QED) is 0.262. The average molecular weight is 494 g/mol. The van der Waals surface area contributed by atoms with E-state index in [1.165, 1.54) is 0 Å². The van der Waals surface area contributed by atoms with E-state index in [4.69, 9.17) is 4.98 Å². The zero-order chi connectivity index (χ0) is 20.1. The molecule has 0 unspecified atom stereocenters. The van der Waals surface area contributed by atoms with Gasteiger partial charge in [0, 0.05) is 15.5 Å². The van der Waals surface area contributed by atoms with E-state index < -0.39 is 0 Å². The van der Waals surface area contributed by atoms with Gasteiger partial charge in [-0.25, -0.2) is 9.97 Å². The summed E-state index contributed by atoms with van der Waals surface area (Å²) in [6.45, 7) is 0. The van der Waals surface area contributed by atoms with Crippen molar-refractivity contribution in [2.45, 2.75) is 0 Å². The van der Waals surface area contributed by atoms with Crippen LogP contribution in [0.4, 0.5) is 22.6 Å². The van der Waals surface area contributed by atoms with Gasteiger partial charge in [-0.05, 0) is 47.8 Å². The highest BCUT2D eigenvalue weighted by Crippen LogP contribution is 2.33. The van der Waals surface area contributed by atoms with E-state index in [9.17, 15) is 0 Å². The number of thiophene rings is 1. The van der Waals surface area contributed by atoms with Crippen molar-refractivity contribution in [3.05, 3.63) is 58.5 Å². The summed E-state index contributed by atoms with van der Waals surface area (Å²) >= 11 is 6.68. The lowest BCUT2D eigenvalue weighted by molar-refractivity contribution is 1.12. The normalized spacial score (nSPS) is 11.5. The second-order valence-electron chi connectivity index (χ2n) is 6.58. The molecule has 3 N–H and O–H groups in total. The molecule has 0 spiro atoms. The Labute approximate surface area is 186 Å². The molecule has 7 nitrogen and oxygen atoms in total. The molecule has 0 saturated carbocycles. The van der Waals surface area contributed by atoms with Crippen LogP contribution in [0.5, 0.6) is 0 Å². The summed E-state index contributed by atoms with van der Waals surface area (Å²) in [6, 6.07) is 14.1. The third-order valence-electron chi connectivity index (χ3n) is 4.58. The summed E-state index contributed by atoms with van der Waals surface area (Å²) in [5, 5.41) is 17.6. The first-order valence-electron chi connectivity index (χ1n) is 9.00. The van der Waals surface area contributed by atoms with E-state index in [0.717, 1.165) is 52.4 Å². The van der Waals surface area contributed by atoms with Crippen LogP contribution in [-0.2, 0) is 0 Å². The number of hydrogen-bond donors (Lipinski definition) is 3. The lowest BCUT2D eigenvalue weighted by atomic mass is 10.2. The molecular formula is C20H12BrN7S2. The SMILES string of the molecule is Brc1ccc2nc(Nc3nc(Nc4ccc5[nH]ncc5c4)c4sccc4n3)sc2c1. The fourth-order valence-electron chi connectivity index (χ4n) is 3.21. The first-order valence-corrected chi connectivity index (χ1v) is 11.5. The molecule has 0 aliphatic rings. The fourth-order valence-corrected chi connectivity index (χ4v) is 5.40. The smallest absolute Gasteiger partial charge is 0.231 e. The van der Waals surface area contributed by atoms with Crippen LogP contribution in [0, 0.1) is 0 Å². The van der Waals surface area contributed by atoms with Crippen LogP contribution in [0.25, 0.3) is 31.3 Å². The predicted molar refractivity (Wildman–Crippen MR) is 127 cm³/mol. The van der Waals surface area contributed by atoms with E-state index in [1.54, 1.807) is 28.9 Å². The van der Waals surface area contributed by atoms with Crippen LogP contribution in [0.3, 0.4) is 0 Å². The Hall–Kier alpha value is -3.08. The molecule has 4 aromatic heterocycles. The minimum absolute atomic E-state index is 0.505. The van der Waals surface area contributed by atoms with Crippen molar-refractivity contribution in [2.75, 3.05) is 10.6 Å². The number of nitrogens with zero attached hydrogens (tertiary/aromatic N) is 4. The van der Waals surface area contributed by atoms with Gasteiger partial charge in [0.25, 0.3) is 0 Å². The molecule has 0 bridgehead atoms. The number of rotatable bonds is 4. The Morgan fingerprint density at radius 1 is 0.933 bits per heavy atom. The van der Waals surface area contributed by atoms with Gasteiger partial charge in [0.05, 0.1) is 32.1 Å². The maximum Gasteiger partial charge on any atom is 0.231 e. The predicted octanol–water partition coefficient (Wildman–Crippen LogP) is 6.43. The van der Waals surface area contributed by atoms with Crippen molar-refractivity contribution in [3.8, 4) is 0 Å². The number of anilines is 4. The van der Waals surface area contributed by atoms with Crippen LogP contribution < -0.4 is 10.6 Å². The molecule has 6 aromatic rings. The molecule has 0 fully saturated rings. The number of aromatic amines is 1. The van der Waals surface area contributed by atoms with Gasteiger partial charge in [0.2, 0.25) is 5.95 Å². The summed E-state index contributed by atoms with van der Waals surface area (Å²) in [5.74, 6) is 1.26. The molecule has 146 valence electrons. The number of thiazole rings is 1. The molecule has 0 aliphatic carbocycles. The number of nitrogens with one attached hydrogen (secondary N) is 3. The van der Waals surface area contributed by atoms with Gasteiger partial charge in [0.15, 0.2) is 10.9 Å². The highest BCUT2D eigenvalue weighted by atomic mass is 79.9. The van der Waals surface area contributed by atoms with Crippen LogP contribution in [-0.4, -0.2) is 25.1 Å². The minimum Gasteiger partial charge on any atom is -0.339 e. The number of hydrogen-bond acceptors (Lipinski definition) is 8. The molecular weight excluding hydrogens is 482 g/mol. The number of H-pyrrole nitrogens is 1. The molecule has 30 heavy (non-hydrogen) atoms. The molecule has 0 radical (unpaired) electrons. The Morgan fingerprint density at radius 3 is 2.87 bits per heavy atom. The summed E-state index contributed by atoms with van der Waals surface area (Å²) in [6.07, 6.45) is 1.81. The maximum absolute atomic E-state index is 4.73. The molecule has 10 heteroatoms. The van der Waals surface area contributed by atoms with E-state index in [2.05, 4.69) is 52.8 Å². The molecule has 4 heterocycles. The van der Waals surface area contributed by atoms with Gasteiger partial charge in [-0.15, -0.1) is 11.3 Å². The lowest BCUT2D eigenvalue weighted by Crippen LogP contribution is -2.01. The molecule has 0 amide bonds. The van der Waals surface area contributed by atoms with Crippen LogP contribution >= 0.6 is 38.6 Å². The Bertz CT molecular complexity index is 1530. The van der Waals surface area contributed by atoms with E-state index in [1.807, 2.05) is 41.8 Å². The van der Waals surface area contributed by atoms with Gasteiger partial charge in [0.1, 0.15) is 0 Å². The lowest BCUT2D eigenvalue weighted by Gasteiger charge is -2.09. The van der Waals surface area contributed by atoms with E-state index >= 15 is 0 Å². The molecule has 0 atom stereocenters. The molecule has 0 saturated heterocycles. The van der Waals surface area contributed by atoms with Crippen molar-refractivity contribution < 1.29 is 0 Å². The average Bonchev–Trinajstić information content (AvgIpc) is 3.46. The Kier molecular flexibility index (Phi) is 4.15. The van der Waals surface area contributed by atoms with Gasteiger partial charge >= 0.3 is 0 Å². The topological polar surface area (TPSA) is 91.4 Å². The van der Waals surface area contributed by atoms with E-state index in [0.29, 0.717) is 5.95 Å². The van der Waals surface area contributed by atoms with Crippen LogP contribution in [0.1, 0.15) is 0 Å². The first kappa shape index (κ1) is 17.8. The summed E-state index contributed by atoms with van der Waals surface area (Å²) < 4.78 is 3.12. The van der Waals surface area contributed by atoms with Crippen molar-refractivity contribution in [3.63, 3.8) is 0 Å². The Morgan fingerprint density at radius 2 is 1.90 bits per heavy atom. The Balaban J connectivity index is 1.37. The summed E-state index contributed by atoms with van der Waals surface area (Å²) in [5.41, 5.74) is 3.75. The van der Waals surface area contributed by atoms with Gasteiger partial charge in [-0.2, -0.15) is 10.1 Å². The minimum atomic E-state index is 0.505. The van der Waals surface area contributed by atoms with E-state index in [-0.39, 0.29) is 0 Å². The second kappa shape index (κ2) is 7.01. The second-order valence-corrected chi connectivity index (χ2v) is 9.45. The zero-order valence-electron chi connectivity index (χ0n) is 15.2. The van der Waals surface area contributed by atoms with Gasteiger partial charge in [-0.1, -0.05) is 27.3 Å². The zero-order valence-corrected chi connectivity index (χ0v) is 18.4. The van der Waals surface area contributed by atoms with Gasteiger partial charge in [-0.3, -0.25) is 10.4 Å². The van der Waals surface area contributed by atoms with Crippen molar-refractivity contribution in [1.29, 1.82) is 0 Å². The highest BCUT2D eigenvalue weighted by molar-refractivity contribution is 9.10. The van der Waals surface area contributed by atoms with Crippen LogP contribution in [0.2, 0.25) is 0 Å². The number of fused-ring (bicyclic) bond motifs is 3. The molecule has 6 rings (SSSR count). The fraction of sp³-hybridized carbons (Fsp3) is 0. The first-order chi connectivity index (χ1) is 14.7. The summed E-state index contributed by atoms with van der Waals surface area (Å²) in [7, 11) is 0. The third-order valence-corrected chi connectivity index (χ3v) is 6.91. The summed E-state index contributed by atoms with van der Waals surface area (Å²) in [4.78, 5) is 14.0. The monoisotopic (exact) mass is 493 g/mol. The standard InChI is InChI=1S/C20H12BrN7S2/c21-11-1-3-14-16(8-11)30-20(25-14)27-19-24-15-5-6-29-17(15)18(26-19)23-12-2-4-13-10(7-12)9-22-28-13/h1-9H,(H,22,28)(H2,23,24,25,26,27). The van der Waals surface area contributed by atoms with Crippen molar-refractivity contribution in [1.82, 2.24) is 25.1 Å². The number of aromatic nitrogens is 5.